The fourth-order valence-electron chi connectivity index (χ4n) is 2.20. The number of fused-ring (bicyclic) bond motifs is 2. The van der Waals surface area contributed by atoms with Gasteiger partial charge in [-0.2, -0.15) is 0 Å². The van der Waals surface area contributed by atoms with Gasteiger partial charge in [0, 0.05) is 23.0 Å². The molecule has 0 radical (unpaired) electrons. The lowest BCUT2D eigenvalue weighted by atomic mass is 10.2. The summed E-state index contributed by atoms with van der Waals surface area (Å²) in [4.78, 5) is 20.2. The number of hydrogen-bond donors (Lipinski definition) is 2. The highest BCUT2D eigenvalue weighted by atomic mass is 32.1. The van der Waals surface area contributed by atoms with Gasteiger partial charge in [-0.25, -0.2) is 14.8 Å². The molecule has 2 aromatic carbocycles. The quantitative estimate of drug-likeness (QED) is 0.591. The number of amides is 2. The Morgan fingerprint density at radius 3 is 2.74 bits per heavy atom. The number of aromatic nitrogens is 4. The summed E-state index contributed by atoms with van der Waals surface area (Å²) in [5.74, 6) is 0. The average Bonchev–Trinajstić information content (AvgIpc) is 3.02. The van der Waals surface area contributed by atoms with Gasteiger partial charge in [0.05, 0.1) is 10.2 Å². The highest BCUT2D eigenvalue weighted by Gasteiger charge is 2.06. The van der Waals surface area contributed by atoms with Crippen molar-refractivity contribution in [1.29, 1.82) is 0 Å². The summed E-state index contributed by atoms with van der Waals surface area (Å²) in [6.45, 7) is 0. The lowest BCUT2D eigenvalue weighted by Gasteiger charge is -2.08. The van der Waals surface area contributed by atoms with E-state index < -0.39 is 0 Å². The third kappa shape index (κ3) is 2.79. The van der Waals surface area contributed by atoms with Crippen molar-refractivity contribution in [2.45, 2.75) is 0 Å². The van der Waals surface area contributed by atoms with Gasteiger partial charge in [-0.1, -0.05) is 4.49 Å². The molecular formula is C15H10N6OS. The molecule has 112 valence electrons. The van der Waals surface area contributed by atoms with Crippen LogP contribution >= 0.6 is 11.5 Å². The van der Waals surface area contributed by atoms with E-state index in [4.69, 9.17) is 0 Å². The first-order valence-electron chi connectivity index (χ1n) is 6.78. The average molecular weight is 322 g/mol. The molecule has 4 rings (SSSR count). The Hall–Kier alpha value is -3.13. The number of nitrogens with zero attached hydrogens (tertiary/aromatic N) is 4. The Balaban J connectivity index is 1.51. The summed E-state index contributed by atoms with van der Waals surface area (Å²) >= 11 is 1.29. The molecule has 0 aliphatic carbocycles. The third-order valence-corrected chi connectivity index (χ3v) is 3.96. The minimum atomic E-state index is -0.324. The van der Waals surface area contributed by atoms with Crippen LogP contribution in [0.2, 0.25) is 0 Å². The first-order chi connectivity index (χ1) is 11.3. The standard InChI is InChI=1S/C15H10N6OS/c22-15(19-11-3-4-12-14(6-11)23-21-20-12)18-10-2-1-9-7-16-8-17-13(9)5-10/h1-8H,(H2,18,19,22). The van der Waals surface area contributed by atoms with Crippen molar-refractivity contribution in [3.8, 4) is 0 Å². The van der Waals surface area contributed by atoms with Crippen LogP contribution in [0, 0.1) is 0 Å². The smallest absolute Gasteiger partial charge is 0.308 e. The van der Waals surface area contributed by atoms with Crippen molar-refractivity contribution < 1.29 is 4.79 Å². The maximum absolute atomic E-state index is 12.1. The number of carbonyl (C=O) groups is 1. The van der Waals surface area contributed by atoms with Gasteiger partial charge < -0.3 is 10.6 Å². The normalized spacial score (nSPS) is 10.8. The molecule has 0 bridgehead atoms. The lowest BCUT2D eigenvalue weighted by Crippen LogP contribution is -2.19. The van der Waals surface area contributed by atoms with Crippen molar-refractivity contribution >= 4 is 50.1 Å². The molecule has 2 aromatic heterocycles. The van der Waals surface area contributed by atoms with Gasteiger partial charge in [-0.15, -0.1) is 5.10 Å². The van der Waals surface area contributed by atoms with Crippen LogP contribution in [0.3, 0.4) is 0 Å². The second-order valence-electron chi connectivity index (χ2n) is 4.83. The number of benzene rings is 2. The summed E-state index contributed by atoms with van der Waals surface area (Å²) < 4.78 is 4.79. The number of carbonyl (C=O) groups excluding carboxylic acids is 1. The maximum Gasteiger partial charge on any atom is 0.323 e. The Labute approximate surface area is 134 Å². The van der Waals surface area contributed by atoms with E-state index in [2.05, 4.69) is 30.2 Å². The van der Waals surface area contributed by atoms with Crippen LogP contribution in [0.5, 0.6) is 0 Å². The molecule has 0 aliphatic heterocycles. The molecular weight excluding hydrogens is 312 g/mol. The van der Waals surface area contributed by atoms with Gasteiger partial charge in [-0.3, -0.25) is 0 Å². The molecule has 0 atom stereocenters. The molecule has 0 fully saturated rings. The predicted octanol–water partition coefficient (Wildman–Crippen LogP) is 3.28. The topological polar surface area (TPSA) is 92.7 Å². The molecule has 0 saturated carbocycles. The molecule has 0 saturated heterocycles. The maximum atomic E-state index is 12.1. The highest BCUT2D eigenvalue weighted by molar-refractivity contribution is 7.12. The first-order valence-corrected chi connectivity index (χ1v) is 7.55. The largest absolute Gasteiger partial charge is 0.323 e. The number of anilines is 2. The lowest BCUT2D eigenvalue weighted by molar-refractivity contribution is 0.262. The molecule has 0 unspecified atom stereocenters. The van der Waals surface area contributed by atoms with E-state index >= 15 is 0 Å². The van der Waals surface area contributed by atoms with Crippen LogP contribution in [0.1, 0.15) is 0 Å². The third-order valence-electron chi connectivity index (χ3n) is 3.27. The highest BCUT2D eigenvalue weighted by Crippen LogP contribution is 2.21. The Bertz CT molecular complexity index is 1010. The predicted molar refractivity (Wildman–Crippen MR) is 89.6 cm³/mol. The van der Waals surface area contributed by atoms with E-state index in [0.29, 0.717) is 11.4 Å². The van der Waals surface area contributed by atoms with Gasteiger partial charge in [0.15, 0.2) is 0 Å². The fraction of sp³-hybridized carbons (Fsp3) is 0. The van der Waals surface area contributed by atoms with Crippen LogP contribution in [0.15, 0.2) is 48.9 Å². The Morgan fingerprint density at radius 1 is 1.00 bits per heavy atom. The van der Waals surface area contributed by atoms with E-state index in [1.807, 2.05) is 24.3 Å². The number of urea groups is 1. The van der Waals surface area contributed by atoms with Crippen molar-refractivity contribution in [3.05, 3.63) is 48.9 Å². The number of nitrogens with one attached hydrogen (secondary N) is 2. The summed E-state index contributed by atoms with van der Waals surface area (Å²) in [5.41, 5.74) is 2.93. The fourth-order valence-corrected chi connectivity index (χ4v) is 2.80. The zero-order chi connectivity index (χ0) is 15.6. The van der Waals surface area contributed by atoms with Crippen LogP contribution in [0.4, 0.5) is 16.2 Å². The van der Waals surface area contributed by atoms with Crippen molar-refractivity contribution in [2.24, 2.45) is 0 Å². The summed E-state index contributed by atoms with van der Waals surface area (Å²) in [7, 11) is 0. The molecule has 0 aliphatic rings. The second-order valence-corrected chi connectivity index (χ2v) is 5.62. The molecule has 2 heterocycles. The zero-order valence-corrected chi connectivity index (χ0v) is 12.5. The molecule has 4 aromatic rings. The van der Waals surface area contributed by atoms with Crippen LogP contribution in [-0.4, -0.2) is 25.6 Å². The zero-order valence-electron chi connectivity index (χ0n) is 11.7. The molecule has 8 heteroatoms. The van der Waals surface area contributed by atoms with E-state index in [1.54, 1.807) is 18.3 Å². The minimum absolute atomic E-state index is 0.324. The number of rotatable bonds is 2. The monoisotopic (exact) mass is 322 g/mol. The van der Waals surface area contributed by atoms with E-state index in [1.165, 1.54) is 17.9 Å². The Morgan fingerprint density at radius 2 is 1.83 bits per heavy atom. The Kier molecular flexibility index (Phi) is 3.28. The minimum Gasteiger partial charge on any atom is -0.308 e. The summed E-state index contributed by atoms with van der Waals surface area (Å²) in [6.07, 6.45) is 3.20. The molecule has 2 N–H and O–H groups in total. The van der Waals surface area contributed by atoms with Gasteiger partial charge >= 0.3 is 6.03 Å². The number of hydrogen-bond acceptors (Lipinski definition) is 6. The van der Waals surface area contributed by atoms with Crippen molar-refractivity contribution in [3.63, 3.8) is 0 Å². The summed E-state index contributed by atoms with van der Waals surface area (Å²) in [6, 6.07) is 10.6. The van der Waals surface area contributed by atoms with Crippen LogP contribution in [0.25, 0.3) is 21.1 Å². The van der Waals surface area contributed by atoms with Gasteiger partial charge in [0.1, 0.15) is 11.8 Å². The molecule has 0 spiro atoms. The van der Waals surface area contributed by atoms with Gasteiger partial charge in [0.2, 0.25) is 0 Å². The first kappa shape index (κ1) is 13.5. The van der Waals surface area contributed by atoms with Crippen LogP contribution < -0.4 is 10.6 Å². The van der Waals surface area contributed by atoms with Crippen LogP contribution in [-0.2, 0) is 0 Å². The second kappa shape index (κ2) is 5.58. The van der Waals surface area contributed by atoms with Crippen molar-refractivity contribution in [1.82, 2.24) is 19.6 Å². The van der Waals surface area contributed by atoms with Gasteiger partial charge in [0.25, 0.3) is 0 Å². The molecule has 23 heavy (non-hydrogen) atoms. The summed E-state index contributed by atoms with van der Waals surface area (Å²) in [5, 5.41) is 10.5. The van der Waals surface area contributed by atoms with E-state index in [0.717, 1.165) is 21.1 Å². The SMILES string of the molecule is O=C(Nc1ccc2cncnc2c1)Nc1ccc2nnsc2c1. The van der Waals surface area contributed by atoms with E-state index in [-0.39, 0.29) is 6.03 Å². The van der Waals surface area contributed by atoms with Gasteiger partial charge in [-0.05, 0) is 47.9 Å². The molecule has 2 amide bonds. The molecule has 7 nitrogen and oxygen atoms in total. The van der Waals surface area contributed by atoms with E-state index in [9.17, 15) is 4.79 Å². The van der Waals surface area contributed by atoms with Crippen molar-refractivity contribution in [2.75, 3.05) is 10.6 Å².